The molecule has 2 aromatic rings. The molecule has 0 saturated heterocycles. The average Bonchev–Trinajstić information content (AvgIpc) is 3.04. The maximum atomic E-state index is 12.2. The third kappa shape index (κ3) is 5.17. The largest absolute Gasteiger partial charge is 0.355 e. The number of hydrogen-bond donors (Lipinski definition) is 2. The summed E-state index contributed by atoms with van der Waals surface area (Å²) >= 11 is 0. The van der Waals surface area contributed by atoms with Gasteiger partial charge in [0.2, 0.25) is 15.9 Å². The standard InChI is InChI=1S/C16H22N4O3S/c1-13-4-6-15(7-5-13)24(22,23)19-14(2)16(21)18-8-3-10-20-11-9-17-12-20/h4-7,9,11-12,14,19H,3,8,10H2,1-2H3,(H,18,21)/t14-/m1/s1. The number of rotatable bonds is 8. The van der Waals surface area contributed by atoms with E-state index in [2.05, 4.69) is 15.0 Å². The summed E-state index contributed by atoms with van der Waals surface area (Å²) in [6, 6.07) is 5.63. The van der Waals surface area contributed by atoms with Crippen LogP contribution in [0.4, 0.5) is 0 Å². The van der Waals surface area contributed by atoms with E-state index in [1.54, 1.807) is 24.7 Å². The van der Waals surface area contributed by atoms with Gasteiger partial charge in [0.1, 0.15) is 0 Å². The topological polar surface area (TPSA) is 93.1 Å². The zero-order valence-electron chi connectivity index (χ0n) is 13.8. The molecular formula is C16H22N4O3S. The van der Waals surface area contributed by atoms with Crippen molar-refractivity contribution in [1.82, 2.24) is 19.6 Å². The van der Waals surface area contributed by atoms with Gasteiger partial charge in [-0.15, -0.1) is 0 Å². The fourth-order valence-electron chi connectivity index (χ4n) is 2.12. The second-order valence-electron chi connectivity index (χ2n) is 5.60. The van der Waals surface area contributed by atoms with Gasteiger partial charge < -0.3 is 9.88 Å². The van der Waals surface area contributed by atoms with Gasteiger partial charge >= 0.3 is 0 Å². The number of hydrogen-bond acceptors (Lipinski definition) is 4. The first-order valence-electron chi connectivity index (χ1n) is 7.71. The third-order valence-corrected chi connectivity index (χ3v) is 5.06. The van der Waals surface area contributed by atoms with E-state index in [1.807, 2.05) is 17.7 Å². The number of imidazole rings is 1. The van der Waals surface area contributed by atoms with E-state index in [9.17, 15) is 13.2 Å². The lowest BCUT2D eigenvalue weighted by Crippen LogP contribution is -2.45. The summed E-state index contributed by atoms with van der Waals surface area (Å²) < 4.78 is 28.8. The molecule has 0 radical (unpaired) electrons. The number of aromatic nitrogens is 2. The van der Waals surface area contributed by atoms with Crippen LogP contribution in [0.25, 0.3) is 0 Å². The van der Waals surface area contributed by atoms with Crippen LogP contribution in [-0.4, -0.2) is 36.5 Å². The molecule has 0 aliphatic heterocycles. The van der Waals surface area contributed by atoms with Crippen molar-refractivity contribution in [3.05, 3.63) is 48.5 Å². The zero-order valence-corrected chi connectivity index (χ0v) is 14.6. The van der Waals surface area contributed by atoms with E-state index in [0.29, 0.717) is 6.54 Å². The van der Waals surface area contributed by atoms with Gasteiger partial charge in [-0.1, -0.05) is 17.7 Å². The van der Waals surface area contributed by atoms with Crippen molar-refractivity contribution in [2.75, 3.05) is 6.54 Å². The SMILES string of the molecule is Cc1ccc(S(=O)(=O)N[C@H](C)C(=O)NCCCn2ccnc2)cc1. The molecule has 1 amide bonds. The molecule has 1 heterocycles. The van der Waals surface area contributed by atoms with Crippen molar-refractivity contribution in [3.8, 4) is 0 Å². The van der Waals surface area contributed by atoms with Crippen LogP contribution in [0.15, 0.2) is 47.9 Å². The molecule has 7 nitrogen and oxygen atoms in total. The lowest BCUT2D eigenvalue weighted by molar-refractivity contribution is -0.122. The quantitative estimate of drug-likeness (QED) is 0.696. The summed E-state index contributed by atoms with van der Waals surface area (Å²) in [5.74, 6) is -0.351. The van der Waals surface area contributed by atoms with E-state index in [0.717, 1.165) is 18.5 Å². The lowest BCUT2D eigenvalue weighted by Gasteiger charge is -2.14. The van der Waals surface area contributed by atoms with Crippen molar-refractivity contribution < 1.29 is 13.2 Å². The van der Waals surface area contributed by atoms with Gasteiger partial charge in [0.25, 0.3) is 0 Å². The van der Waals surface area contributed by atoms with Crippen LogP contribution >= 0.6 is 0 Å². The van der Waals surface area contributed by atoms with Gasteiger partial charge in [0.05, 0.1) is 17.3 Å². The van der Waals surface area contributed by atoms with Crippen LogP contribution in [0.3, 0.4) is 0 Å². The number of carbonyl (C=O) groups excluding carboxylic acids is 1. The minimum absolute atomic E-state index is 0.146. The minimum Gasteiger partial charge on any atom is -0.355 e. The zero-order chi connectivity index (χ0) is 17.6. The Labute approximate surface area is 142 Å². The summed E-state index contributed by atoms with van der Waals surface area (Å²) in [4.78, 5) is 16.1. The number of nitrogens with zero attached hydrogens (tertiary/aromatic N) is 2. The molecule has 24 heavy (non-hydrogen) atoms. The number of nitrogens with one attached hydrogen (secondary N) is 2. The van der Waals surface area contributed by atoms with Crippen molar-refractivity contribution >= 4 is 15.9 Å². The van der Waals surface area contributed by atoms with E-state index in [1.165, 1.54) is 19.1 Å². The molecule has 1 atom stereocenters. The lowest BCUT2D eigenvalue weighted by atomic mass is 10.2. The molecular weight excluding hydrogens is 328 g/mol. The van der Waals surface area contributed by atoms with Crippen LogP contribution in [0.1, 0.15) is 18.9 Å². The molecule has 0 saturated carbocycles. The van der Waals surface area contributed by atoms with Crippen molar-refractivity contribution in [3.63, 3.8) is 0 Å². The van der Waals surface area contributed by atoms with Gasteiger partial charge in [0.15, 0.2) is 0 Å². The molecule has 2 rings (SSSR count). The van der Waals surface area contributed by atoms with Gasteiger partial charge in [-0.05, 0) is 32.4 Å². The summed E-state index contributed by atoms with van der Waals surface area (Å²) in [6.07, 6.45) is 5.99. The van der Waals surface area contributed by atoms with E-state index >= 15 is 0 Å². The summed E-state index contributed by atoms with van der Waals surface area (Å²) in [5.41, 5.74) is 0.970. The summed E-state index contributed by atoms with van der Waals surface area (Å²) in [6.45, 7) is 4.61. The fraction of sp³-hybridized carbons (Fsp3) is 0.375. The number of amides is 1. The number of aryl methyl sites for hydroxylation is 2. The Hall–Kier alpha value is -2.19. The van der Waals surface area contributed by atoms with Crippen LogP contribution in [-0.2, 0) is 21.4 Å². The van der Waals surface area contributed by atoms with Gasteiger partial charge in [-0.2, -0.15) is 4.72 Å². The van der Waals surface area contributed by atoms with Gasteiger partial charge in [-0.25, -0.2) is 13.4 Å². The first kappa shape index (κ1) is 18.2. The molecule has 0 aliphatic rings. The Kier molecular flexibility index (Phi) is 6.10. The highest BCUT2D eigenvalue weighted by atomic mass is 32.2. The average molecular weight is 350 g/mol. The Morgan fingerprint density at radius 2 is 2.00 bits per heavy atom. The second-order valence-corrected chi connectivity index (χ2v) is 7.32. The van der Waals surface area contributed by atoms with Crippen LogP contribution < -0.4 is 10.0 Å². The maximum absolute atomic E-state index is 12.2. The van der Waals surface area contributed by atoms with E-state index in [-0.39, 0.29) is 10.8 Å². The van der Waals surface area contributed by atoms with Crippen molar-refractivity contribution in [2.24, 2.45) is 0 Å². The third-order valence-electron chi connectivity index (χ3n) is 3.51. The summed E-state index contributed by atoms with van der Waals surface area (Å²) in [7, 11) is -3.71. The number of sulfonamides is 1. The van der Waals surface area contributed by atoms with Crippen LogP contribution in [0, 0.1) is 6.92 Å². The Bertz CT molecular complexity index is 755. The van der Waals surface area contributed by atoms with Gasteiger partial charge in [-0.3, -0.25) is 4.79 Å². The highest BCUT2D eigenvalue weighted by Crippen LogP contribution is 2.10. The van der Waals surface area contributed by atoms with Crippen molar-refractivity contribution in [1.29, 1.82) is 0 Å². The fourth-order valence-corrected chi connectivity index (χ4v) is 3.32. The highest BCUT2D eigenvalue weighted by molar-refractivity contribution is 7.89. The first-order chi connectivity index (χ1) is 11.4. The Balaban J connectivity index is 1.80. The second kappa shape index (κ2) is 8.07. The molecule has 1 aromatic carbocycles. The van der Waals surface area contributed by atoms with E-state index < -0.39 is 16.1 Å². The number of benzene rings is 1. The van der Waals surface area contributed by atoms with Crippen LogP contribution in [0.2, 0.25) is 0 Å². The highest BCUT2D eigenvalue weighted by Gasteiger charge is 2.21. The minimum atomic E-state index is -3.71. The van der Waals surface area contributed by atoms with E-state index in [4.69, 9.17) is 0 Å². The molecule has 130 valence electrons. The Morgan fingerprint density at radius 3 is 2.62 bits per heavy atom. The van der Waals surface area contributed by atoms with Crippen molar-refractivity contribution in [2.45, 2.75) is 37.8 Å². The molecule has 1 aromatic heterocycles. The summed E-state index contributed by atoms with van der Waals surface area (Å²) in [5, 5.41) is 2.73. The molecule has 0 spiro atoms. The monoisotopic (exact) mass is 350 g/mol. The normalized spacial score (nSPS) is 12.8. The molecule has 0 bridgehead atoms. The van der Waals surface area contributed by atoms with Gasteiger partial charge in [0, 0.05) is 25.5 Å². The predicted molar refractivity (Wildman–Crippen MR) is 90.8 cm³/mol. The smallest absolute Gasteiger partial charge is 0.241 e. The first-order valence-corrected chi connectivity index (χ1v) is 9.19. The molecule has 0 aliphatic carbocycles. The maximum Gasteiger partial charge on any atom is 0.241 e. The Morgan fingerprint density at radius 1 is 1.29 bits per heavy atom. The number of carbonyl (C=O) groups is 1. The molecule has 2 N–H and O–H groups in total. The van der Waals surface area contributed by atoms with Crippen LogP contribution in [0.5, 0.6) is 0 Å². The predicted octanol–water partition coefficient (Wildman–Crippen LogP) is 1.06. The molecule has 0 unspecified atom stereocenters. The molecule has 0 fully saturated rings. The molecule has 8 heteroatoms.